The Kier molecular flexibility index (Phi) is 6.32. The average molecular weight is 385 g/mol. The lowest BCUT2D eigenvalue weighted by Gasteiger charge is -2.30. The fraction of sp³-hybridized carbons (Fsp3) is 0.455. The van der Waals surface area contributed by atoms with E-state index in [4.69, 9.17) is 0 Å². The number of thiophene rings is 1. The first kappa shape index (κ1) is 19.6. The van der Waals surface area contributed by atoms with Crippen LogP contribution in [-0.4, -0.2) is 34.2 Å². The van der Waals surface area contributed by atoms with Gasteiger partial charge in [-0.15, -0.1) is 11.3 Å². The molecule has 5 heteroatoms. The Morgan fingerprint density at radius 1 is 1.07 bits per heavy atom. The molecule has 0 aliphatic heterocycles. The van der Waals surface area contributed by atoms with E-state index in [1.807, 2.05) is 49.1 Å². The second-order valence-corrected chi connectivity index (χ2v) is 8.95. The van der Waals surface area contributed by atoms with Crippen molar-refractivity contribution in [1.82, 2.24) is 9.80 Å². The molecule has 144 valence electrons. The lowest BCUT2D eigenvalue weighted by atomic mass is 10.2. The first-order valence-electron chi connectivity index (χ1n) is 9.61. The quantitative estimate of drug-likeness (QED) is 0.683. The van der Waals surface area contributed by atoms with Crippen LogP contribution in [0.5, 0.6) is 0 Å². The minimum atomic E-state index is 0.00704. The third kappa shape index (κ3) is 5.42. The number of amides is 2. The van der Waals surface area contributed by atoms with Gasteiger partial charge in [0.15, 0.2) is 0 Å². The number of carbonyl (C=O) groups is 2. The minimum Gasteiger partial charge on any atom is -0.332 e. The van der Waals surface area contributed by atoms with E-state index in [0.717, 1.165) is 18.4 Å². The van der Waals surface area contributed by atoms with E-state index in [-0.39, 0.29) is 30.3 Å². The molecule has 0 saturated heterocycles. The molecule has 4 nitrogen and oxygen atoms in total. The zero-order valence-corrected chi connectivity index (χ0v) is 17.2. The summed E-state index contributed by atoms with van der Waals surface area (Å²) in [5.41, 5.74) is 1.10. The van der Waals surface area contributed by atoms with Gasteiger partial charge in [-0.2, -0.15) is 0 Å². The third-order valence-electron chi connectivity index (χ3n) is 4.85. The first-order chi connectivity index (χ1) is 12.9. The molecule has 0 atom stereocenters. The maximum absolute atomic E-state index is 13.2. The molecule has 1 aliphatic carbocycles. The number of nitrogens with zero attached hydrogens (tertiary/aromatic N) is 2. The van der Waals surface area contributed by atoms with Gasteiger partial charge in [0.05, 0.1) is 6.54 Å². The zero-order chi connectivity index (χ0) is 19.4. The normalized spacial score (nSPS) is 13.6. The van der Waals surface area contributed by atoms with Crippen molar-refractivity contribution in [3.8, 4) is 0 Å². The molecule has 1 aliphatic rings. The standard InChI is InChI=1S/C22H28N2O2S/c1-16(2)24(22(26)19-10-11-19)15-21(25)23(13-18-7-5-4-6-8-18)14-20-12-9-17(3)27-20/h4-9,12,16,19H,10-11,13-15H2,1-3H3. The van der Waals surface area contributed by atoms with Crippen molar-refractivity contribution in [2.75, 3.05) is 6.54 Å². The van der Waals surface area contributed by atoms with E-state index in [9.17, 15) is 9.59 Å². The molecular formula is C22H28N2O2S. The molecule has 2 aromatic rings. The van der Waals surface area contributed by atoms with Crippen molar-refractivity contribution in [2.24, 2.45) is 5.92 Å². The number of aryl methyl sites for hydroxylation is 1. The summed E-state index contributed by atoms with van der Waals surface area (Å²) < 4.78 is 0. The van der Waals surface area contributed by atoms with E-state index in [2.05, 4.69) is 19.1 Å². The molecular weight excluding hydrogens is 356 g/mol. The Morgan fingerprint density at radius 3 is 2.33 bits per heavy atom. The van der Waals surface area contributed by atoms with Crippen molar-refractivity contribution in [1.29, 1.82) is 0 Å². The van der Waals surface area contributed by atoms with E-state index in [1.165, 1.54) is 9.75 Å². The van der Waals surface area contributed by atoms with Gasteiger partial charge in [-0.3, -0.25) is 9.59 Å². The van der Waals surface area contributed by atoms with Crippen LogP contribution < -0.4 is 0 Å². The molecule has 3 rings (SSSR count). The van der Waals surface area contributed by atoms with Crippen LogP contribution >= 0.6 is 11.3 Å². The van der Waals surface area contributed by atoms with Gasteiger partial charge >= 0.3 is 0 Å². The van der Waals surface area contributed by atoms with Crippen LogP contribution in [0.15, 0.2) is 42.5 Å². The summed E-state index contributed by atoms with van der Waals surface area (Å²) in [6.45, 7) is 7.34. The Hall–Kier alpha value is -2.14. The molecule has 1 heterocycles. The Labute approximate surface area is 165 Å². The molecule has 1 aromatic carbocycles. The van der Waals surface area contributed by atoms with Gasteiger partial charge in [0.2, 0.25) is 11.8 Å². The van der Waals surface area contributed by atoms with Crippen LogP contribution in [0.3, 0.4) is 0 Å². The first-order valence-corrected chi connectivity index (χ1v) is 10.4. The number of benzene rings is 1. The summed E-state index contributed by atoms with van der Waals surface area (Å²) in [5, 5.41) is 0. The number of hydrogen-bond donors (Lipinski definition) is 0. The minimum absolute atomic E-state index is 0.00704. The van der Waals surface area contributed by atoms with Gasteiger partial charge in [0.25, 0.3) is 0 Å². The molecule has 0 bridgehead atoms. The number of carbonyl (C=O) groups excluding carboxylic acids is 2. The third-order valence-corrected chi connectivity index (χ3v) is 5.84. The van der Waals surface area contributed by atoms with Gasteiger partial charge in [-0.25, -0.2) is 0 Å². The lowest BCUT2D eigenvalue weighted by Crippen LogP contribution is -2.46. The average Bonchev–Trinajstić information content (AvgIpc) is 3.41. The largest absolute Gasteiger partial charge is 0.332 e. The van der Waals surface area contributed by atoms with Crippen LogP contribution in [0.25, 0.3) is 0 Å². The van der Waals surface area contributed by atoms with E-state index in [1.54, 1.807) is 16.2 Å². The smallest absolute Gasteiger partial charge is 0.242 e. The van der Waals surface area contributed by atoms with Crippen molar-refractivity contribution in [3.05, 3.63) is 57.8 Å². The van der Waals surface area contributed by atoms with E-state index >= 15 is 0 Å². The monoisotopic (exact) mass is 384 g/mol. The Bertz CT molecular complexity index is 781. The van der Waals surface area contributed by atoms with E-state index < -0.39 is 0 Å². The highest BCUT2D eigenvalue weighted by Crippen LogP contribution is 2.31. The molecule has 1 saturated carbocycles. The van der Waals surface area contributed by atoms with Crippen LogP contribution in [0, 0.1) is 12.8 Å². The maximum Gasteiger partial charge on any atom is 0.242 e. The van der Waals surface area contributed by atoms with Crippen molar-refractivity contribution in [2.45, 2.75) is 52.7 Å². The van der Waals surface area contributed by atoms with E-state index in [0.29, 0.717) is 13.1 Å². The van der Waals surface area contributed by atoms with Crippen LogP contribution in [0.4, 0.5) is 0 Å². The molecule has 1 fully saturated rings. The Morgan fingerprint density at radius 2 is 1.78 bits per heavy atom. The number of rotatable bonds is 8. The summed E-state index contributed by atoms with van der Waals surface area (Å²) in [5.74, 6) is 0.264. The van der Waals surface area contributed by atoms with Gasteiger partial charge in [-0.05, 0) is 51.3 Å². The van der Waals surface area contributed by atoms with Crippen LogP contribution in [-0.2, 0) is 22.7 Å². The fourth-order valence-electron chi connectivity index (χ4n) is 3.12. The van der Waals surface area contributed by atoms with Gasteiger partial charge in [0, 0.05) is 28.3 Å². The number of hydrogen-bond acceptors (Lipinski definition) is 3. The highest BCUT2D eigenvalue weighted by molar-refractivity contribution is 7.11. The van der Waals surface area contributed by atoms with Crippen molar-refractivity contribution in [3.63, 3.8) is 0 Å². The zero-order valence-electron chi connectivity index (χ0n) is 16.4. The van der Waals surface area contributed by atoms with Gasteiger partial charge < -0.3 is 9.80 Å². The second-order valence-electron chi connectivity index (χ2n) is 7.58. The fourth-order valence-corrected chi connectivity index (χ4v) is 4.03. The maximum atomic E-state index is 13.2. The second kappa shape index (κ2) is 8.70. The predicted octanol–water partition coefficient (Wildman–Crippen LogP) is 4.23. The lowest BCUT2D eigenvalue weighted by molar-refractivity contribution is -0.143. The summed E-state index contributed by atoms with van der Waals surface area (Å²) >= 11 is 1.72. The van der Waals surface area contributed by atoms with Crippen LogP contribution in [0.2, 0.25) is 0 Å². The summed E-state index contributed by atoms with van der Waals surface area (Å²) in [6, 6.07) is 14.2. The Balaban J connectivity index is 1.75. The molecule has 0 spiro atoms. The summed E-state index contributed by atoms with van der Waals surface area (Å²) in [6.07, 6.45) is 1.91. The van der Waals surface area contributed by atoms with Gasteiger partial charge in [0.1, 0.15) is 6.54 Å². The molecule has 0 radical (unpaired) electrons. The molecule has 0 N–H and O–H groups in total. The van der Waals surface area contributed by atoms with Crippen molar-refractivity contribution >= 4 is 23.2 Å². The highest BCUT2D eigenvalue weighted by atomic mass is 32.1. The van der Waals surface area contributed by atoms with Crippen LogP contribution in [0.1, 0.15) is 42.0 Å². The molecule has 2 amide bonds. The molecule has 1 aromatic heterocycles. The topological polar surface area (TPSA) is 40.6 Å². The van der Waals surface area contributed by atoms with Gasteiger partial charge in [-0.1, -0.05) is 30.3 Å². The highest BCUT2D eigenvalue weighted by Gasteiger charge is 2.35. The summed E-state index contributed by atoms with van der Waals surface area (Å²) in [4.78, 5) is 31.8. The SMILES string of the molecule is Cc1ccc(CN(Cc2ccccc2)C(=O)CN(C(=O)C2CC2)C(C)C)s1. The molecule has 0 unspecified atom stereocenters. The van der Waals surface area contributed by atoms with Crippen molar-refractivity contribution < 1.29 is 9.59 Å². The molecule has 27 heavy (non-hydrogen) atoms. The summed E-state index contributed by atoms with van der Waals surface area (Å²) in [7, 11) is 0. The predicted molar refractivity (Wildman–Crippen MR) is 109 cm³/mol.